The molecule has 0 aliphatic rings. The number of hydrogen-bond donors (Lipinski definition) is 1. The minimum atomic E-state index is 0.639. The first-order valence-electron chi connectivity index (χ1n) is 5.77. The van der Waals surface area contributed by atoms with Crippen molar-refractivity contribution in [3.63, 3.8) is 0 Å². The monoisotopic (exact) mass is 293 g/mol. The van der Waals surface area contributed by atoms with E-state index in [4.69, 9.17) is 5.73 Å². The first kappa shape index (κ1) is 12.3. The maximum absolute atomic E-state index is 5.56. The highest BCUT2D eigenvalue weighted by Crippen LogP contribution is 2.23. The second-order valence-electron chi connectivity index (χ2n) is 3.88. The maximum atomic E-state index is 5.56. The summed E-state index contributed by atoms with van der Waals surface area (Å²) in [7, 11) is 0. The Labute approximate surface area is 110 Å². The zero-order chi connectivity index (χ0) is 12.3. The van der Waals surface area contributed by atoms with Crippen LogP contribution in [0, 0.1) is 0 Å². The van der Waals surface area contributed by atoms with Crippen molar-refractivity contribution in [1.82, 2.24) is 9.78 Å². The zero-order valence-electron chi connectivity index (χ0n) is 9.86. The molecule has 0 amide bonds. The highest BCUT2D eigenvalue weighted by Gasteiger charge is 2.08. The van der Waals surface area contributed by atoms with E-state index in [0.29, 0.717) is 6.54 Å². The SMILES string of the molecule is CCn1nc(CCN)cc1-c1ccc(Br)cc1. The van der Waals surface area contributed by atoms with Gasteiger partial charge in [0.05, 0.1) is 11.4 Å². The van der Waals surface area contributed by atoms with E-state index in [2.05, 4.69) is 46.2 Å². The molecule has 0 spiro atoms. The van der Waals surface area contributed by atoms with Crippen molar-refractivity contribution in [1.29, 1.82) is 0 Å². The molecule has 2 rings (SSSR count). The van der Waals surface area contributed by atoms with E-state index >= 15 is 0 Å². The molecule has 0 radical (unpaired) electrons. The lowest BCUT2D eigenvalue weighted by molar-refractivity contribution is 0.652. The third-order valence-electron chi connectivity index (χ3n) is 2.67. The number of aryl methyl sites for hydroxylation is 1. The van der Waals surface area contributed by atoms with Crippen LogP contribution in [-0.2, 0) is 13.0 Å². The molecule has 1 aromatic carbocycles. The van der Waals surface area contributed by atoms with E-state index in [9.17, 15) is 0 Å². The van der Waals surface area contributed by atoms with E-state index in [-0.39, 0.29) is 0 Å². The highest BCUT2D eigenvalue weighted by molar-refractivity contribution is 9.10. The number of nitrogens with two attached hydrogens (primary N) is 1. The molecule has 1 aromatic heterocycles. The number of nitrogens with zero attached hydrogens (tertiary/aromatic N) is 2. The van der Waals surface area contributed by atoms with E-state index in [0.717, 1.165) is 28.8 Å². The summed E-state index contributed by atoms with van der Waals surface area (Å²) in [5.41, 5.74) is 8.97. The lowest BCUT2D eigenvalue weighted by Crippen LogP contribution is -2.04. The van der Waals surface area contributed by atoms with Gasteiger partial charge in [0.25, 0.3) is 0 Å². The van der Waals surface area contributed by atoms with E-state index in [1.807, 2.05) is 16.8 Å². The molecular weight excluding hydrogens is 278 g/mol. The van der Waals surface area contributed by atoms with Gasteiger partial charge in [-0.25, -0.2) is 0 Å². The molecule has 0 aliphatic carbocycles. The fraction of sp³-hybridized carbons (Fsp3) is 0.308. The van der Waals surface area contributed by atoms with Crippen LogP contribution in [0.15, 0.2) is 34.8 Å². The summed E-state index contributed by atoms with van der Waals surface area (Å²) < 4.78 is 3.11. The fourth-order valence-corrected chi connectivity index (χ4v) is 2.10. The van der Waals surface area contributed by atoms with Crippen LogP contribution < -0.4 is 5.73 Å². The minimum absolute atomic E-state index is 0.639. The van der Waals surface area contributed by atoms with Gasteiger partial charge in [0.1, 0.15) is 0 Å². The Balaban J connectivity index is 2.39. The third-order valence-corrected chi connectivity index (χ3v) is 3.20. The number of aromatic nitrogens is 2. The molecule has 0 saturated carbocycles. The van der Waals surface area contributed by atoms with Gasteiger partial charge in [0.15, 0.2) is 0 Å². The summed E-state index contributed by atoms with van der Waals surface area (Å²) in [6.45, 7) is 3.61. The number of hydrogen-bond acceptors (Lipinski definition) is 2. The smallest absolute Gasteiger partial charge is 0.0685 e. The molecule has 0 saturated heterocycles. The first-order chi connectivity index (χ1) is 8.24. The van der Waals surface area contributed by atoms with E-state index in [1.54, 1.807) is 0 Å². The Morgan fingerprint density at radius 2 is 2.00 bits per heavy atom. The molecule has 2 N–H and O–H groups in total. The molecule has 4 heteroatoms. The summed E-state index contributed by atoms with van der Waals surface area (Å²) in [5, 5.41) is 4.54. The van der Waals surface area contributed by atoms with Gasteiger partial charge in [0.2, 0.25) is 0 Å². The van der Waals surface area contributed by atoms with E-state index < -0.39 is 0 Å². The Morgan fingerprint density at radius 1 is 1.29 bits per heavy atom. The Bertz CT molecular complexity index is 488. The molecule has 0 aliphatic heterocycles. The van der Waals surface area contributed by atoms with Gasteiger partial charge in [-0.15, -0.1) is 0 Å². The van der Waals surface area contributed by atoms with Crippen LogP contribution in [0.4, 0.5) is 0 Å². The zero-order valence-corrected chi connectivity index (χ0v) is 11.4. The normalized spacial score (nSPS) is 10.8. The summed E-state index contributed by atoms with van der Waals surface area (Å²) in [6, 6.07) is 10.4. The lowest BCUT2D eigenvalue weighted by Gasteiger charge is -2.04. The van der Waals surface area contributed by atoms with E-state index in [1.165, 1.54) is 5.56 Å². The van der Waals surface area contributed by atoms with Crippen molar-refractivity contribution in [2.75, 3.05) is 6.54 Å². The number of rotatable bonds is 4. The molecule has 1 heterocycles. The van der Waals surface area contributed by atoms with Gasteiger partial charge in [-0.1, -0.05) is 28.1 Å². The number of benzene rings is 1. The molecule has 3 nitrogen and oxygen atoms in total. The standard InChI is InChI=1S/C13H16BrN3/c1-2-17-13(9-12(16-17)7-8-15)10-3-5-11(14)6-4-10/h3-6,9H,2,7-8,15H2,1H3. The highest BCUT2D eigenvalue weighted by atomic mass is 79.9. The Kier molecular flexibility index (Phi) is 3.97. The van der Waals surface area contributed by atoms with Crippen molar-refractivity contribution in [2.24, 2.45) is 5.73 Å². The molecule has 0 fully saturated rings. The van der Waals surface area contributed by atoms with Crippen molar-refractivity contribution >= 4 is 15.9 Å². The quantitative estimate of drug-likeness (QED) is 0.942. The molecule has 90 valence electrons. The first-order valence-corrected chi connectivity index (χ1v) is 6.56. The Morgan fingerprint density at radius 3 is 2.59 bits per heavy atom. The van der Waals surface area contributed by atoms with Crippen molar-refractivity contribution in [3.05, 3.63) is 40.5 Å². The van der Waals surface area contributed by atoms with Crippen molar-refractivity contribution in [2.45, 2.75) is 19.9 Å². The predicted molar refractivity (Wildman–Crippen MR) is 73.8 cm³/mol. The predicted octanol–water partition coefficient (Wildman–Crippen LogP) is 2.83. The average Bonchev–Trinajstić information content (AvgIpc) is 2.74. The molecule has 2 aromatic rings. The lowest BCUT2D eigenvalue weighted by atomic mass is 10.1. The van der Waals surface area contributed by atoms with Gasteiger partial charge < -0.3 is 5.73 Å². The van der Waals surface area contributed by atoms with Crippen molar-refractivity contribution < 1.29 is 0 Å². The van der Waals surface area contributed by atoms with Crippen LogP contribution in [0.5, 0.6) is 0 Å². The van der Waals surface area contributed by atoms with Crippen LogP contribution in [0.1, 0.15) is 12.6 Å². The van der Waals surface area contributed by atoms with Gasteiger partial charge in [0, 0.05) is 17.4 Å². The average molecular weight is 294 g/mol. The summed E-state index contributed by atoms with van der Waals surface area (Å²) in [5.74, 6) is 0. The number of halogens is 1. The van der Waals surface area contributed by atoms with Crippen LogP contribution in [0.25, 0.3) is 11.3 Å². The molecule has 0 atom stereocenters. The van der Waals surface area contributed by atoms with Gasteiger partial charge in [-0.3, -0.25) is 4.68 Å². The maximum Gasteiger partial charge on any atom is 0.0685 e. The largest absolute Gasteiger partial charge is 0.330 e. The Hall–Kier alpha value is -1.13. The van der Waals surface area contributed by atoms with Crippen LogP contribution in [-0.4, -0.2) is 16.3 Å². The fourth-order valence-electron chi connectivity index (χ4n) is 1.83. The summed E-state index contributed by atoms with van der Waals surface area (Å²) in [6.07, 6.45) is 0.830. The van der Waals surface area contributed by atoms with Gasteiger partial charge in [-0.05, 0) is 37.2 Å². The minimum Gasteiger partial charge on any atom is -0.330 e. The molecule has 0 unspecified atom stereocenters. The molecule has 17 heavy (non-hydrogen) atoms. The third kappa shape index (κ3) is 2.76. The summed E-state index contributed by atoms with van der Waals surface area (Å²) >= 11 is 3.44. The molecule has 0 bridgehead atoms. The van der Waals surface area contributed by atoms with Crippen LogP contribution in [0.2, 0.25) is 0 Å². The summed E-state index contributed by atoms with van der Waals surface area (Å²) in [4.78, 5) is 0. The second kappa shape index (κ2) is 5.47. The van der Waals surface area contributed by atoms with Gasteiger partial charge in [-0.2, -0.15) is 5.10 Å². The molecular formula is C13H16BrN3. The topological polar surface area (TPSA) is 43.8 Å². The van der Waals surface area contributed by atoms with Gasteiger partial charge >= 0.3 is 0 Å². The van der Waals surface area contributed by atoms with Crippen molar-refractivity contribution in [3.8, 4) is 11.3 Å². The second-order valence-corrected chi connectivity index (χ2v) is 4.80. The van der Waals surface area contributed by atoms with Crippen LogP contribution in [0.3, 0.4) is 0 Å². The van der Waals surface area contributed by atoms with Crippen LogP contribution >= 0.6 is 15.9 Å².